The molecule has 2 amide bonds. The maximum absolute atomic E-state index is 10.2. The number of aliphatic carboxylic acids is 2. The van der Waals surface area contributed by atoms with Gasteiger partial charge in [0.1, 0.15) is 12.1 Å². The van der Waals surface area contributed by atoms with Crippen molar-refractivity contribution < 1.29 is 29.4 Å². The highest BCUT2D eigenvalue weighted by atomic mass is 16.4. The molecule has 0 aliphatic carbocycles. The third kappa shape index (κ3) is 12.5. The average molecular weight is 418 g/mol. The van der Waals surface area contributed by atoms with Crippen LogP contribution in [0.2, 0.25) is 0 Å². The van der Waals surface area contributed by atoms with Gasteiger partial charge >= 0.3 is 11.9 Å². The number of hydrogen-bond acceptors (Lipinski definition) is 6. The largest absolute Gasteiger partial charge is 0.480 e. The lowest BCUT2D eigenvalue weighted by molar-refractivity contribution is -0.141. The first-order valence-electron chi connectivity index (χ1n) is 8.84. The summed E-state index contributed by atoms with van der Waals surface area (Å²) in [5, 5.41) is 20.8. The van der Waals surface area contributed by atoms with E-state index >= 15 is 0 Å². The summed E-state index contributed by atoms with van der Waals surface area (Å²) >= 11 is 0. The Morgan fingerprint density at radius 2 is 0.967 bits per heavy atom. The molecule has 0 unspecified atom stereocenters. The Bertz CT molecular complexity index is 745. The van der Waals surface area contributed by atoms with E-state index in [2.05, 4.69) is 20.6 Å². The number of nitrogens with one attached hydrogen (secondary N) is 2. The molecule has 0 aliphatic rings. The molecular weight excluding hydrogens is 392 g/mol. The van der Waals surface area contributed by atoms with Crippen molar-refractivity contribution in [2.45, 2.75) is 39.8 Å². The highest BCUT2D eigenvalue weighted by Gasteiger charge is 2.10. The van der Waals surface area contributed by atoms with E-state index in [0.29, 0.717) is 0 Å². The number of amides is 2. The maximum atomic E-state index is 10.2. The van der Waals surface area contributed by atoms with Crippen LogP contribution in [0, 0.1) is 0 Å². The molecule has 2 atom stereocenters. The second kappa shape index (κ2) is 14.2. The summed E-state index contributed by atoms with van der Waals surface area (Å²) in [6.07, 6.45) is 7.15. The van der Waals surface area contributed by atoms with Gasteiger partial charge in [0.15, 0.2) is 0 Å². The molecule has 10 nitrogen and oxygen atoms in total. The summed E-state index contributed by atoms with van der Waals surface area (Å²) in [5.41, 5.74) is 2.35. The molecule has 0 bridgehead atoms. The van der Waals surface area contributed by atoms with Gasteiger partial charge in [-0.25, -0.2) is 0 Å². The van der Waals surface area contributed by atoms with Gasteiger partial charge in [0.2, 0.25) is 11.8 Å². The number of carbonyl (C=O) groups excluding carboxylic acids is 2. The van der Waals surface area contributed by atoms with Crippen LogP contribution in [0.25, 0.3) is 11.1 Å². The van der Waals surface area contributed by atoms with Crippen LogP contribution in [0.15, 0.2) is 49.1 Å². The second-order valence-corrected chi connectivity index (χ2v) is 5.99. The first-order valence-corrected chi connectivity index (χ1v) is 8.84. The molecule has 0 saturated heterocycles. The molecule has 0 spiro atoms. The zero-order chi connectivity index (χ0) is 23.1. The van der Waals surface area contributed by atoms with E-state index in [1.165, 1.54) is 38.8 Å². The number of aromatic nitrogens is 2. The van der Waals surface area contributed by atoms with E-state index in [0.717, 1.165) is 0 Å². The molecule has 4 N–H and O–H groups in total. The minimum Gasteiger partial charge on any atom is -0.480 e. The molecule has 0 saturated carbocycles. The fourth-order valence-electron chi connectivity index (χ4n) is 1.82. The standard InChI is InChI=1S/C10H8N2.2C5H9NO3/c1-5-11-6-2-9(1)10-3-7-12-8-4-10;2*1-3(5(8)9)6-4(2)7/h1-8H;2*3H,1-2H3,(H,6,7)(H,8,9)/t;2*3-/m.00/s1. The monoisotopic (exact) mass is 418 g/mol. The second-order valence-electron chi connectivity index (χ2n) is 5.99. The maximum Gasteiger partial charge on any atom is 0.325 e. The smallest absolute Gasteiger partial charge is 0.325 e. The van der Waals surface area contributed by atoms with Crippen molar-refractivity contribution >= 4 is 23.8 Å². The van der Waals surface area contributed by atoms with Crippen LogP contribution in [-0.2, 0) is 19.2 Å². The van der Waals surface area contributed by atoms with Crippen molar-refractivity contribution in [1.29, 1.82) is 0 Å². The van der Waals surface area contributed by atoms with Crippen molar-refractivity contribution in [1.82, 2.24) is 20.6 Å². The molecular formula is C20H26N4O6. The number of pyridine rings is 2. The molecule has 30 heavy (non-hydrogen) atoms. The van der Waals surface area contributed by atoms with E-state index in [9.17, 15) is 19.2 Å². The molecule has 2 rings (SSSR count). The quantitative estimate of drug-likeness (QED) is 0.566. The van der Waals surface area contributed by atoms with Gasteiger partial charge < -0.3 is 20.8 Å². The third-order valence-electron chi connectivity index (χ3n) is 3.27. The summed E-state index contributed by atoms with van der Waals surface area (Å²) in [6, 6.07) is 6.35. The van der Waals surface area contributed by atoms with Gasteiger partial charge in [0.05, 0.1) is 0 Å². The Kier molecular flexibility index (Phi) is 12.4. The normalized spacial score (nSPS) is 11.2. The van der Waals surface area contributed by atoms with Crippen LogP contribution in [0.1, 0.15) is 27.7 Å². The number of hydrogen-bond donors (Lipinski definition) is 4. The number of carboxylic acids is 2. The van der Waals surface area contributed by atoms with E-state index in [-0.39, 0.29) is 11.8 Å². The lowest BCUT2D eigenvalue weighted by atomic mass is 10.1. The number of carbonyl (C=O) groups is 4. The lowest BCUT2D eigenvalue weighted by Gasteiger charge is -2.04. The van der Waals surface area contributed by atoms with Gasteiger partial charge in [-0.05, 0) is 49.2 Å². The molecule has 2 aromatic rings. The molecule has 2 heterocycles. The number of nitrogens with zero attached hydrogens (tertiary/aromatic N) is 2. The Balaban J connectivity index is 0.000000430. The molecule has 10 heteroatoms. The van der Waals surface area contributed by atoms with Crippen molar-refractivity contribution in [2.24, 2.45) is 0 Å². The highest BCUT2D eigenvalue weighted by Crippen LogP contribution is 2.15. The summed E-state index contributed by atoms with van der Waals surface area (Å²) in [5.74, 6) is -2.70. The Hall–Kier alpha value is -3.82. The fraction of sp³-hybridized carbons (Fsp3) is 0.300. The summed E-state index contributed by atoms with van der Waals surface area (Å²) < 4.78 is 0. The Morgan fingerprint density at radius 1 is 0.700 bits per heavy atom. The predicted octanol–water partition coefficient (Wildman–Crippen LogP) is 1.33. The van der Waals surface area contributed by atoms with Crippen LogP contribution in [0.5, 0.6) is 0 Å². The SMILES string of the molecule is CC(=O)N[C@@H](C)C(=O)O.CC(=O)N[C@@H](C)C(=O)O.c1cc(-c2ccncc2)ccn1. The lowest BCUT2D eigenvalue weighted by Crippen LogP contribution is -2.36. The van der Waals surface area contributed by atoms with Gasteiger partial charge in [0.25, 0.3) is 0 Å². The zero-order valence-corrected chi connectivity index (χ0v) is 17.2. The number of carboxylic acid groups (broad SMARTS) is 2. The Labute approximate surface area is 174 Å². The van der Waals surface area contributed by atoms with Crippen molar-refractivity contribution in [2.75, 3.05) is 0 Å². The average Bonchev–Trinajstić information content (AvgIpc) is 2.69. The molecule has 162 valence electrons. The molecule has 0 aromatic carbocycles. The van der Waals surface area contributed by atoms with E-state index in [1.54, 1.807) is 24.8 Å². The van der Waals surface area contributed by atoms with Gasteiger partial charge in [-0.3, -0.25) is 29.1 Å². The van der Waals surface area contributed by atoms with Crippen molar-refractivity contribution in [3.8, 4) is 11.1 Å². The zero-order valence-electron chi connectivity index (χ0n) is 17.2. The van der Waals surface area contributed by atoms with Gasteiger partial charge in [-0.1, -0.05) is 0 Å². The summed E-state index contributed by atoms with van der Waals surface area (Å²) in [7, 11) is 0. The minimum absolute atomic E-state index is 0.329. The van der Waals surface area contributed by atoms with E-state index in [4.69, 9.17) is 10.2 Å². The highest BCUT2D eigenvalue weighted by molar-refractivity contribution is 5.82. The first kappa shape index (κ1) is 26.2. The minimum atomic E-state index is -1.02. The first-order chi connectivity index (χ1) is 14.0. The van der Waals surface area contributed by atoms with E-state index < -0.39 is 24.0 Å². The summed E-state index contributed by atoms with van der Waals surface area (Å²) in [6.45, 7) is 5.37. The predicted molar refractivity (Wildman–Crippen MR) is 109 cm³/mol. The summed E-state index contributed by atoms with van der Waals surface area (Å²) in [4.78, 5) is 48.3. The third-order valence-corrected chi connectivity index (χ3v) is 3.27. The fourth-order valence-corrected chi connectivity index (χ4v) is 1.82. The Morgan fingerprint density at radius 3 is 1.13 bits per heavy atom. The van der Waals surface area contributed by atoms with Crippen LogP contribution in [0.3, 0.4) is 0 Å². The topological polar surface area (TPSA) is 159 Å². The van der Waals surface area contributed by atoms with Gasteiger partial charge in [-0.2, -0.15) is 0 Å². The van der Waals surface area contributed by atoms with Crippen LogP contribution in [0.4, 0.5) is 0 Å². The van der Waals surface area contributed by atoms with Crippen LogP contribution >= 0.6 is 0 Å². The van der Waals surface area contributed by atoms with Gasteiger partial charge in [0, 0.05) is 38.6 Å². The molecule has 0 aliphatic heterocycles. The van der Waals surface area contributed by atoms with Crippen LogP contribution < -0.4 is 10.6 Å². The van der Waals surface area contributed by atoms with Gasteiger partial charge in [-0.15, -0.1) is 0 Å². The van der Waals surface area contributed by atoms with E-state index in [1.807, 2.05) is 24.3 Å². The molecule has 0 radical (unpaired) electrons. The number of rotatable bonds is 5. The van der Waals surface area contributed by atoms with Crippen molar-refractivity contribution in [3.63, 3.8) is 0 Å². The molecule has 2 aromatic heterocycles. The van der Waals surface area contributed by atoms with Crippen LogP contribution in [-0.4, -0.2) is 56.0 Å². The van der Waals surface area contributed by atoms with Crippen molar-refractivity contribution in [3.05, 3.63) is 49.1 Å². The molecule has 0 fully saturated rings.